The number of hydrogen-bond donors (Lipinski definition) is 1. The SMILES string of the molecule is CC1CCc2c(sc3[nH]c(=S)n(Cc4cccnc4)c(=O)c23)C1. The molecule has 0 amide bonds. The fourth-order valence-electron chi connectivity index (χ4n) is 3.27. The van der Waals surface area contributed by atoms with Crippen molar-refractivity contribution < 1.29 is 0 Å². The van der Waals surface area contributed by atoms with Gasteiger partial charge in [-0.1, -0.05) is 13.0 Å². The molecule has 3 heterocycles. The second-order valence-electron chi connectivity index (χ2n) is 6.24. The molecule has 0 aliphatic heterocycles. The van der Waals surface area contributed by atoms with Crippen molar-refractivity contribution >= 4 is 33.8 Å². The van der Waals surface area contributed by atoms with Gasteiger partial charge < -0.3 is 4.98 Å². The Morgan fingerprint density at radius 2 is 2.39 bits per heavy atom. The number of aromatic amines is 1. The summed E-state index contributed by atoms with van der Waals surface area (Å²) in [5.41, 5.74) is 2.24. The Morgan fingerprint density at radius 1 is 1.52 bits per heavy atom. The van der Waals surface area contributed by atoms with E-state index >= 15 is 0 Å². The Hall–Kier alpha value is -1.79. The summed E-state index contributed by atoms with van der Waals surface area (Å²) < 4.78 is 2.14. The van der Waals surface area contributed by atoms with E-state index in [0.29, 0.717) is 17.2 Å². The Morgan fingerprint density at radius 3 is 3.17 bits per heavy atom. The van der Waals surface area contributed by atoms with Gasteiger partial charge >= 0.3 is 0 Å². The quantitative estimate of drug-likeness (QED) is 0.722. The van der Waals surface area contributed by atoms with Crippen LogP contribution >= 0.6 is 23.6 Å². The number of aryl methyl sites for hydroxylation is 1. The summed E-state index contributed by atoms with van der Waals surface area (Å²) in [5.74, 6) is 0.691. The number of nitrogens with zero attached hydrogens (tertiary/aromatic N) is 2. The molecule has 3 aromatic rings. The van der Waals surface area contributed by atoms with Gasteiger partial charge in [0, 0.05) is 17.3 Å². The van der Waals surface area contributed by atoms with E-state index in [1.54, 1.807) is 28.3 Å². The molecule has 1 unspecified atom stereocenters. The average Bonchev–Trinajstić information content (AvgIpc) is 2.89. The highest BCUT2D eigenvalue weighted by Gasteiger charge is 2.23. The van der Waals surface area contributed by atoms with Crippen molar-refractivity contribution in [1.82, 2.24) is 14.5 Å². The zero-order valence-electron chi connectivity index (χ0n) is 12.8. The van der Waals surface area contributed by atoms with Crippen molar-refractivity contribution in [1.29, 1.82) is 0 Å². The number of rotatable bonds is 2. The first-order valence-corrected chi connectivity index (χ1v) is 9.02. The molecule has 3 aromatic heterocycles. The minimum absolute atomic E-state index is 0.0275. The largest absolute Gasteiger partial charge is 0.323 e. The maximum absolute atomic E-state index is 13.0. The van der Waals surface area contributed by atoms with Crippen LogP contribution in [0.5, 0.6) is 0 Å². The number of fused-ring (bicyclic) bond motifs is 3. The smallest absolute Gasteiger partial charge is 0.263 e. The lowest BCUT2D eigenvalue weighted by atomic mass is 9.89. The van der Waals surface area contributed by atoms with E-state index < -0.39 is 0 Å². The van der Waals surface area contributed by atoms with E-state index in [1.807, 2.05) is 12.1 Å². The fraction of sp³-hybridized carbons (Fsp3) is 0.353. The molecule has 23 heavy (non-hydrogen) atoms. The van der Waals surface area contributed by atoms with Crippen LogP contribution in [0, 0.1) is 10.7 Å². The molecule has 118 valence electrons. The molecule has 0 spiro atoms. The van der Waals surface area contributed by atoms with Crippen LogP contribution in [0.15, 0.2) is 29.3 Å². The summed E-state index contributed by atoms with van der Waals surface area (Å²) in [5, 5.41) is 0.842. The standard InChI is InChI=1S/C17H17N3OS2/c1-10-4-5-12-13(7-10)23-15-14(12)16(21)20(17(22)19-15)9-11-3-2-6-18-8-11/h2-3,6,8,10H,4-5,7,9H2,1H3,(H,19,22). The van der Waals surface area contributed by atoms with Crippen molar-refractivity contribution in [2.45, 2.75) is 32.7 Å². The topological polar surface area (TPSA) is 50.7 Å². The van der Waals surface area contributed by atoms with Gasteiger partial charge in [-0.3, -0.25) is 14.3 Å². The summed E-state index contributed by atoms with van der Waals surface area (Å²) in [7, 11) is 0. The highest BCUT2D eigenvalue weighted by Crippen LogP contribution is 2.35. The Balaban J connectivity index is 1.90. The predicted octanol–water partition coefficient (Wildman–Crippen LogP) is 3.69. The van der Waals surface area contributed by atoms with Crippen molar-refractivity contribution in [2.24, 2.45) is 5.92 Å². The van der Waals surface area contributed by atoms with Crippen LogP contribution in [-0.2, 0) is 19.4 Å². The molecular weight excluding hydrogens is 326 g/mol. The molecule has 1 atom stereocenters. The highest BCUT2D eigenvalue weighted by atomic mass is 32.1. The lowest BCUT2D eigenvalue weighted by Crippen LogP contribution is -2.23. The molecule has 1 aliphatic carbocycles. The Bertz CT molecular complexity index is 985. The summed E-state index contributed by atoms with van der Waals surface area (Å²) in [6.45, 7) is 2.73. The molecule has 0 bridgehead atoms. The van der Waals surface area contributed by atoms with Gasteiger partial charge in [0.1, 0.15) is 4.83 Å². The Kier molecular flexibility index (Phi) is 3.66. The minimum atomic E-state index is 0.0275. The lowest BCUT2D eigenvalue weighted by Gasteiger charge is -2.17. The molecule has 0 radical (unpaired) electrons. The second kappa shape index (κ2) is 5.69. The number of H-pyrrole nitrogens is 1. The second-order valence-corrected chi connectivity index (χ2v) is 7.73. The number of aromatic nitrogens is 3. The van der Waals surface area contributed by atoms with E-state index in [2.05, 4.69) is 16.9 Å². The molecule has 0 saturated carbocycles. The van der Waals surface area contributed by atoms with E-state index in [-0.39, 0.29) is 5.56 Å². The maximum Gasteiger partial charge on any atom is 0.263 e. The third-order valence-corrected chi connectivity index (χ3v) is 5.99. The van der Waals surface area contributed by atoms with Crippen LogP contribution in [0.2, 0.25) is 0 Å². The summed E-state index contributed by atoms with van der Waals surface area (Å²) in [6, 6.07) is 3.84. The number of nitrogens with one attached hydrogen (secondary N) is 1. The monoisotopic (exact) mass is 343 g/mol. The normalized spacial score (nSPS) is 17.3. The molecule has 4 rings (SSSR count). The van der Waals surface area contributed by atoms with Gasteiger partial charge in [0.15, 0.2) is 4.77 Å². The zero-order valence-corrected chi connectivity index (χ0v) is 14.5. The molecule has 4 nitrogen and oxygen atoms in total. The van der Waals surface area contributed by atoms with E-state index in [4.69, 9.17) is 12.2 Å². The number of pyridine rings is 1. The van der Waals surface area contributed by atoms with Gasteiger partial charge in [-0.15, -0.1) is 11.3 Å². The van der Waals surface area contributed by atoms with Gasteiger partial charge in [0.2, 0.25) is 0 Å². The molecule has 0 fully saturated rings. The lowest BCUT2D eigenvalue weighted by molar-refractivity contribution is 0.509. The van der Waals surface area contributed by atoms with Crippen molar-refractivity contribution in [3.63, 3.8) is 0 Å². The molecule has 0 saturated heterocycles. The highest BCUT2D eigenvalue weighted by molar-refractivity contribution is 7.71. The molecule has 0 aromatic carbocycles. The van der Waals surface area contributed by atoms with Gasteiger partial charge in [0.25, 0.3) is 5.56 Å². The maximum atomic E-state index is 13.0. The fourth-order valence-corrected chi connectivity index (χ4v) is 4.99. The minimum Gasteiger partial charge on any atom is -0.323 e. The number of thiophene rings is 1. The van der Waals surface area contributed by atoms with Gasteiger partial charge in [0.05, 0.1) is 11.9 Å². The summed E-state index contributed by atoms with van der Waals surface area (Å²) in [6.07, 6.45) is 6.71. The molecule has 6 heteroatoms. The molecular formula is C17H17N3OS2. The molecule has 1 aliphatic rings. The molecule has 1 N–H and O–H groups in total. The average molecular weight is 343 g/mol. The first-order chi connectivity index (χ1) is 11.1. The predicted molar refractivity (Wildman–Crippen MR) is 95.8 cm³/mol. The van der Waals surface area contributed by atoms with Crippen molar-refractivity contribution in [2.75, 3.05) is 0 Å². The summed E-state index contributed by atoms with van der Waals surface area (Å²) >= 11 is 7.12. The van der Waals surface area contributed by atoms with Crippen LogP contribution in [0.4, 0.5) is 0 Å². The van der Waals surface area contributed by atoms with Crippen LogP contribution in [0.1, 0.15) is 29.3 Å². The Labute approximate surface area is 142 Å². The van der Waals surface area contributed by atoms with Crippen LogP contribution in [-0.4, -0.2) is 14.5 Å². The number of hydrogen-bond acceptors (Lipinski definition) is 4. The van der Waals surface area contributed by atoms with Crippen molar-refractivity contribution in [3.05, 3.63) is 55.7 Å². The van der Waals surface area contributed by atoms with E-state index in [1.165, 1.54) is 10.4 Å². The van der Waals surface area contributed by atoms with Crippen LogP contribution in [0.3, 0.4) is 0 Å². The van der Waals surface area contributed by atoms with E-state index in [9.17, 15) is 4.79 Å². The summed E-state index contributed by atoms with van der Waals surface area (Å²) in [4.78, 5) is 22.7. The van der Waals surface area contributed by atoms with Gasteiger partial charge in [-0.2, -0.15) is 0 Å². The third-order valence-electron chi connectivity index (χ3n) is 4.50. The van der Waals surface area contributed by atoms with Crippen molar-refractivity contribution in [3.8, 4) is 0 Å². The first-order valence-electron chi connectivity index (χ1n) is 7.79. The van der Waals surface area contributed by atoms with Crippen LogP contribution < -0.4 is 5.56 Å². The van der Waals surface area contributed by atoms with Gasteiger partial charge in [-0.05, 0) is 54.6 Å². The van der Waals surface area contributed by atoms with Gasteiger partial charge in [-0.25, -0.2) is 0 Å². The van der Waals surface area contributed by atoms with Crippen LogP contribution in [0.25, 0.3) is 10.2 Å². The first kappa shape index (κ1) is 14.8. The third kappa shape index (κ3) is 2.56. The zero-order chi connectivity index (χ0) is 16.0. The van der Waals surface area contributed by atoms with E-state index in [0.717, 1.165) is 35.0 Å².